The Morgan fingerprint density at radius 1 is 1.43 bits per heavy atom. The molecule has 0 unspecified atom stereocenters. The van der Waals surface area contributed by atoms with Crippen molar-refractivity contribution in [3.8, 4) is 6.07 Å². The third-order valence-corrected chi connectivity index (χ3v) is 4.97. The molecule has 0 heterocycles. The minimum absolute atomic E-state index is 0.114. The lowest BCUT2D eigenvalue weighted by atomic mass is 10.1. The van der Waals surface area contributed by atoms with E-state index in [2.05, 4.69) is 11.4 Å². The highest BCUT2D eigenvalue weighted by molar-refractivity contribution is 8.00. The molecule has 5 nitrogen and oxygen atoms in total. The van der Waals surface area contributed by atoms with Crippen molar-refractivity contribution in [2.75, 3.05) is 38.0 Å². The minimum atomic E-state index is -2.97. The first-order valence-electron chi connectivity index (χ1n) is 6.49. The Morgan fingerprint density at radius 2 is 2.19 bits per heavy atom. The lowest BCUT2D eigenvalue weighted by Gasteiger charge is -2.08. The van der Waals surface area contributed by atoms with Gasteiger partial charge in [-0.3, -0.25) is 0 Å². The summed E-state index contributed by atoms with van der Waals surface area (Å²) in [5, 5.41) is 12.4. The average Bonchev–Trinajstić information content (AvgIpc) is 2.43. The molecule has 0 aliphatic heterocycles. The highest BCUT2D eigenvalue weighted by Gasteiger charge is 2.07. The Balaban J connectivity index is 2.60. The maximum absolute atomic E-state index is 11.1. The highest BCUT2D eigenvalue weighted by atomic mass is 32.2. The predicted octanol–water partition coefficient (Wildman–Crippen LogP) is 1.43. The van der Waals surface area contributed by atoms with E-state index in [1.807, 2.05) is 18.2 Å². The number of hydrogen-bond donors (Lipinski definition) is 1. The molecular weight excluding hydrogens is 308 g/mol. The topological polar surface area (TPSA) is 79.2 Å². The third kappa shape index (κ3) is 7.48. The Morgan fingerprint density at radius 3 is 2.81 bits per heavy atom. The number of rotatable bonds is 9. The van der Waals surface area contributed by atoms with Crippen molar-refractivity contribution in [3.63, 3.8) is 0 Å². The van der Waals surface area contributed by atoms with E-state index in [9.17, 15) is 13.7 Å². The molecular formula is C14H20N2O3S2. The number of nitriles is 1. The number of methoxy groups -OCH3 is 1. The van der Waals surface area contributed by atoms with Gasteiger partial charge in [0.15, 0.2) is 0 Å². The molecule has 21 heavy (non-hydrogen) atoms. The van der Waals surface area contributed by atoms with Crippen molar-refractivity contribution in [1.82, 2.24) is 5.32 Å². The fourth-order valence-corrected chi connectivity index (χ4v) is 3.80. The van der Waals surface area contributed by atoms with Crippen LogP contribution in [0.1, 0.15) is 11.1 Å². The van der Waals surface area contributed by atoms with Crippen LogP contribution in [0.4, 0.5) is 0 Å². The SMILES string of the molecule is COCCNCc1ccc(SCCS(C)(=O)=O)c(C#N)c1. The van der Waals surface area contributed by atoms with Crippen LogP contribution < -0.4 is 5.32 Å². The molecule has 0 spiro atoms. The standard InChI is InChI=1S/C14H20N2O3S2/c1-19-6-5-16-11-12-3-4-14(13(9-12)10-15)20-7-8-21(2,17)18/h3-4,9,16H,5-8,11H2,1-2H3. The summed E-state index contributed by atoms with van der Waals surface area (Å²) in [6, 6.07) is 7.82. The van der Waals surface area contributed by atoms with E-state index in [1.165, 1.54) is 18.0 Å². The van der Waals surface area contributed by atoms with Crippen LogP contribution in [-0.4, -0.2) is 46.4 Å². The molecule has 116 valence electrons. The van der Waals surface area contributed by atoms with Crippen molar-refractivity contribution in [2.45, 2.75) is 11.4 Å². The second-order valence-corrected chi connectivity index (χ2v) is 7.99. The van der Waals surface area contributed by atoms with Gasteiger partial charge in [0.25, 0.3) is 0 Å². The molecule has 1 aromatic carbocycles. The van der Waals surface area contributed by atoms with Crippen LogP contribution in [0.5, 0.6) is 0 Å². The van der Waals surface area contributed by atoms with Gasteiger partial charge in [-0.25, -0.2) is 8.42 Å². The highest BCUT2D eigenvalue weighted by Crippen LogP contribution is 2.23. The summed E-state index contributed by atoms with van der Waals surface area (Å²) in [5.41, 5.74) is 1.61. The second kappa shape index (κ2) is 9.05. The number of nitrogens with zero attached hydrogens (tertiary/aromatic N) is 1. The van der Waals surface area contributed by atoms with Gasteiger partial charge >= 0.3 is 0 Å². The van der Waals surface area contributed by atoms with E-state index in [-0.39, 0.29) is 5.75 Å². The number of benzene rings is 1. The quantitative estimate of drug-likeness (QED) is 0.546. The normalized spacial score (nSPS) is 11.3. The smallest absolute Gasteiger partial charge is 0.148 e. The van der Waals surface area contributed by atoms with E-state index in [1.54, 1.807) is 7.11 Å². The van der Waals surface area contributed by atoms with E-state index in [4.69, 9.17) is 4.74 Å². The predicted molar refractivity (Wildman–Crippen MR) is 85.2 cm³/mol. The third-order valence-electron chi connectivity index (χ3n) is 2.69. The van der Waals surface area contributed by atoms with Crippen molar-refractivity contribution in [2.24, 2.45) is 0 Å². The van der Waals surface area contributed by atoms with Gasteiger partial charge in [0.1, 0.15) is 15.9 Å². The Labute approximate surface area is 130 Å². The van der Waals surface area contributed by atoms with E-state index in [0.717, 1.165) is 17.0 Å². The summed E-state index contributed by atoms with van der Waals surface area (Å²) < 4.78 is 27.2. The lowest BCUT2D eigenvalue weighted by Crippen LogP contribution is -2.18. The summed E-state index contributed by atoms with van der Waals surface area (Å²) in [6.45, 7) is 2.07. The molecule has 0 amide bonds. The largest absolute Gasteiger partial charge is 0.383 e. The van der Waals surface area contributed by atoms with Gasteiger partial charge in [0.05, 0.1) is 17.9 Å². The van der Waals surface area contributed by atoms with Gasteiger partial charge in [-0.15, -0.1) is 11.8 Å². The number of hydrogen-bond acceptors (Lipinski definition) is 6. The molecule has 0 aromatic heterocycles. The Bertz CT molecular complexity index is 595. The van der Waals surface area contributed by atoms with Crippen LogP contribution in [0.2, 0.25) is 0 Å². The summed E-state index contributed by atoms with van der Waals surface area (Å²) in [6.07, 6.45) is 1.22. The van der Waals surface area contributed by atoms with E-state index in [0.29, 0.717) is 24.5 Å². The molecule has 0 saturated heterocycles. The fourth-order valence-electron chi connectivity index (χ4n) is 1.61. The molecule has 7 heteroatoms. The zero-order chi connectivity index (χ0) is 15.7. The molecule has 0 saturated carbocycles. The van der Waals surface area contributed by atoms with Crippen LogP contribution in [0.25, 0.3) is 0 Å². The van der Waals surface area contributed by atoms with Crippen molar-refractivity contribution in [1.29, 1.82) is 5.26 Å². The second-order valence-electron chi connectivity index (χ2n) is 4.59. The fraction of sp³-hybridized carbons (Fsp3) is 0.500. The molecule has 0 bridgehead atoms. The molecule has 0 aliphatic carbocycles. The monoisotopic (exact) mass is 328 g/mol. The van der Waals surface area contributed by atoms with Crippen LogP contribution in [0.3, 0.4) is 0 Å². The molecule has 1 rings (SSSR count). The number of thioether (sulfide) groups is 1. The summed E-state index contributed by atoms with van der Waals surface area (Å²) >= 11 is 1.40. The van der Waals surface area contributed by atoms with Crippen LogP contribution in [0.15, 0.2) is 23.1 Å². The summed E-state index contributed by atoms with van der Waals surface area (Å²) in [5.74, 6) is 0.571. The van der Waals surface area contributed by atoms with Crippen molar-refractivity contribution < 1.29 is 13.2 Å². The first-order chi connectivity index (χ1) is 9.96. The number of ether oxygens (including phenoxy) is 1. The Hall–Kier alpha value is -1.07. The van der Waals surface area contributed by atoms with Gasteiger partial charge in [-0.2, -0.15) is 5.26 Å². The Kier molecular flexibility index (Phi) is 7.75. The maximum Gasteiger partial charge on any atom is 0.148 e. The number of sulfone groups is 1. The van der Waals surface area contributed by atoms with E-state index < -0.39 is 9.84 Å². The van der Waals surface area contributed by atoms with Gasteiger partial charge in [-0.1, -0.05) is 6.07 Å². The minimum Gasteiger partial charge on any atom is -0.383 e. The van der Waals surface area contributed by atoms with E-state index >= 15 is 0 Å². The number of nitrogens with one attached hydrogen (secondary N) is 1. The van der Waals surface area contributed by atoms with Gasteiger partial charge in [0, 0.05) is 37.1 Å². The molecule has 1 N–H and O–H groups in total. The molecule has 1 aromatic rings. The van der Waals surface area contributed by atoms with Crippen molar-refractivity contribution in [3.05, 3.63) is 29.3 Å². The van der Waals surface area contributed by atoms with Gasteiger partial charge < -0.3 is 10.1 Å². The molecule has 0 radical (unpaired) electrons. The first-order valence-corrected chi connectivity index (χ1v) is 9.54. The van der Waals surface area contributed by atoms with Crippen LogP contribution in [0, 0.1) is 11.3 Å². The molecule has 0 atom stereocenters. The zero-order valence-electron chi connectivity index (χ0n) is 12.3. The van der Waals surface area contributed by atoms with Gasteiger partial charge in [0.2, 0.25) is 0 Å². The van der Waals surface area contributed by atoms with Gasteiger partial charge in [-0.05, 0) is 17.7 Å². The summed E-state index contributed by atoms with van der Waals surface area (Å²) in [7, 11) is -1.31. The zero-order valence-corrected chi connectivity index (χ0v) is 13.9. The van der Waals surface area contributed by atoms with Crippen LogP contribution in [-0.2, 0) is 21.1 Å². The van der Waals surface area contributed by atoms with Crippen molar-refractivity contribution >= 4 is 21.6 Å². The first kappa shape index (κ1) is 18.0. The molecule has 0 fully saturated rings. The lowest BCUT2D eigenvalue weighted by molar-refractivity contribution is 0.199. The summed E-state index contributed by atoms with van der Waals surface area (Å²) in [4.78, 5) is 0.821. The molecule has 0 aliphatic rings. The average molecular weight is 328 g/mol. The van der Waals surface area contributed by atoms with Crippen LogP contribution >= 0.6 is 11.8 Å². The maximum atomic E-state index is 11.1.